The van der Waals surface area contributed by atoms with E-state index < -0.39 is 0 Å². The van der Waals surface area contributed by atoms with Crippen LogP contribution in [-0.4, -0.2) is 24.5 Å². The molecule has 0 radical (unpaired) electrons. The molecule has 2 aromatic carbocycles. The van der Waals surface area contributed by atoms with Crippen LogP contribution in [0.1, 0.15) is 17.5 Å². The molecule has 124 valence electrons. The molecule has 5 nitrogen and oxygen atoms in total. The highest BCUT2D eigenvalue weighted by Crippen LogP contribution is 2.22. The van der Waals surface area contributed by atoms with Gasteiger partial charge in [0.15, 0.2) is 0 Å². The van der Waals surface area contributed by atoms with Crippen molar-refractivity contribution in [1.82, 2.24) is 5.32 Å². The van der Waals surface area contributed by atoms with Gasteiger partial charge in [-0.3, -0.25) is 4.79 Å². The fourth-order valence-electron chi connectivity index (χ4n) is 2.85. The first-order chi connectivity index (χ1) is 11.5. The first-order valence-electron chi connectivity index (χ1n) is 8.02. The zero-order valence-corrected chi connectivity index (χ0v) is 13.9. The summed E-state index contributed by atoms with van der Waals surface area (Å²) in [6, 6.07) is 14.9. The van der Waals surface area contributed by atoms with E-state index in [-0.39, 0.29) is 18.0 Å². The molecule has 1 fully saturated rings. The second-order valence-corrected chi connectivity index (χ2v) is 6.21. The lowest BCUT2D eigenvalue weighted by Crippen LogP contribution is -2.39. The maximum absolute atomic E-state index is 12.2. The molecule has 3 rings (SSSR count). The van der Waals surface area contributed by atoms with Gasteiger partial charge < -0.3 is 15.5 Å². The quantitative estimate of drug-likeness (QED) is 0.911. The van der Waals surface area contributed by atoms with Crippen LogP contribution in [-0.2, 0) is 4.79 Å². The number of hydrogen-bond acceptors (Lipinski definition) is 2. The van der Waals surface area contributed by atoms with Gasteiger partial charge in [0.2, 0.25) is 5.91 Å². The summed E-state index contributed by atoms with van der Waals surface area (Å²) in [5.41, 5.74) is 3.84. The molecule has 0 spiro atoms. The van der Waals surface area contributed by atoms with Crippen molar-refractivity contribution >= 4 is 23.3 Å². The van der Waals surface area contributed by atoms with E-state index in [0.29, 0.717) is 13.0 Å². The minimum atomic E-state index is -0.288. The lowest BCUT2D eigenvalue weighted by molar-refractivity contribution is -0.117. The molecule has 0 bridgehead atoms. The van der Waals surface area contributed by atoms with Gasteiger partial charge in [0.25, 0.3) is 0 Å². The monoisotopic (exact) mass is 323 g/mol. The Balaban J connectivity index is 1.59. The van der Waals surface area contributed by atoms with Crippen LogP contribution in [0, 0.1) is 13.8 Å². The summed E-state index contributed by atoms with van der Waals surface area (Å²) >= 11 is 0. The molecule has 0 aromatic heterocycles. The van der Waals surface area contributed by atoms with Gasteiger partial charge in [-0.2, -0.15) is 0 Å². The van der Waals surface area contributed by atoms with E-state index in [1.807, 2.05) is 62.4 Å². The number of amides is 3. The van der Waals surface area contributed by atoms with Gasteiger partial charge in [-0.15, -0.1) is 0 Å². The maximum atomic E-state index is 12.2. The third-order valence-corrected chi connectivity index (χ3v) is 4.08. The average molecular weight is 323 g/mol. The molecule has 5 heteroatoms. The Morgan fingerprint density at radius 1 is 1.08 bits per heavy atom. The molecule has 1 aliphatic heterocycles. The Bertz CT molecular complexity index is 755. The highest BCUT2D eigenvalue weighted by molar-refractivity contribution is 5.97. The van der Waals surface area contributed by atoms with Crippen molar-refractivity contribution in [3.63, 3.8) is 0 Å². The number of aryl methyl sites for hydroxylation is 2. The highest BCUT2D eigenvalue weighted by Gasteiger charge is 2.31. The van der Waals surface area contributed by atoms with E-state index in [0.717, 1.165) is 22.5 Å². The third-order valence-electron chi connectivity index (χ3n) is 4.08. The standard InChI is InChI=1S/C19H21N3O2/c1-13-6-8-17(9-7-13)22-12-16(11-18(22)23)21-19(24)20-15-5-3-4-14(2)10-15/h3-10,16H,11-12H2,1-2H3,(H2,20,21,24)/t16-/m0/s1. The first kappa shape index (κ1) is 16.1. The van der Waals surface area contributed by atoms with E-state index in [2.05, 4.69) is 10.6 Å². The topological polar surface area (TPSA) is 61.4 Å². The van der Waals surface area contributed by atoms with E-state index in [1.165, 1.54) is 0 Å². The van der Waals surface area contributed by atoms with Crippen LogP contribution in [0.3, 0.4) is 0 Å². The summed E-state index contributed by atoms with van der Waals surface area (Å²) in [4.78, 5) is 26.1. The number of carbonyl (C=O) groups excluding carboxylic acids is 2. The number of anilines is 2. The van der Waals surface area contributed by atoms with Crippen LogP contribution in [0.25, 0.3) is 0 Å². The SMILES string of the molecule is Cc1ccc(N2C[C@@H](NC(=O)Nc3cccc(C)c3)CC2=O)cc1. The molecule has 1 saturated heterocycles. The number of carbonyl (C=O) groups is 2. The second-order valence-electron chi connectivity index (χ2n) is 6.21. The Kier molecular flexibility index (Phi) is 4.51. The molecular weight excluding hydrogens is 302 g/mol. The van der Waals surface area contributed by atoms with Gasteiger partial charge in [0, 0.05) is 24.3 Å². The summed E-state index contributed by atoms with van der Waals surface area (Å²) < 4.78 is 0. The second kappa shape index (κ2) is 6.74. The number of hydrogen-bond donors (Lipinski definition) is 2. The molecule has 2 aromatic rings. The summed E-state index contributed by atoms with van der Waals surface area (Å²) in [5, 5.41) is 5.68. The number of nitrogens with zero attached hydrogens (tertiary/aromatic N) is 1. The van der Waals surface area contributed by atoms with Crippen molar-refractivity contribution in [3.05, 3.63) is 59.7 Å². The molecule has 24 heavy (non-hydrogen) atoms. The summed E-state index contributed by atoms with van der Waals surface area (Å²) in [6.45, 7) is 4.47. The van der Waals surface area contributed by atoms with Crippen LogP contribution >= 0.6 is 0 Å². The summed E-state index contributed by atoms with van der Waals surface area (Å²) in [5.74, 6) is 0.0275. The Labute approximate surface area is 141 Å². The van der Waals surface area contributed by atoms with Gasteiger partial charge in [0.1, 0.15) is 0 Å². The minimum Gasteiger partial charge on any atom is -0.333 e. The lowest BCUT2D eigenvalue weighted by atomic mass is 10.2. The summed E-state index contributed by atoms with van der Waals surface area (Å²) in [7, 11) is 0. The van der Waals surface area contributed by atoms with Gasteiger partial charge in [-0.25, -0.2) is 4.79 Å². The van der Waals surface area contributed by atoms with Crippen molar-refractivity contribution in [2.45, 2.75) is 26.3 Å². The molecule has 2 N–H and O–H groups in total. The van der Waals surface area contributed by atoms with Crippen LogP contribution < -0.4 is 15.5 Å². The van der Waals surface area contributed by atoms with Crippen molar-refractivity contribution in [2.75, 3.05) is 16.8 Å². The molecule has 1 aliphatic rings. The van der Waals surface area contributed by atoms with Crippen molar-refractivity contribution in [3.8, 4) is 0 Å². The van der Waals surface area contributed by atoms with E-state index in [4.69, 9.17) is 0 Å². The Hall–Kier alpha value is -2.82. The normalized spacial score (nSPS) is 17.0. The van der Waals surface area contributed by atoms with E-state index in [9.17, 15) is 9.59 Å². The molecule has 0 aliphatic carbocycles. The predicted octanol–water partition coefficient (Wildman–Crippen LogP) is 3.23. The molecule has 0 unspecified atom stereocenters. The number of benzene rings is 2. The van der Waals surface area contributed by atoms with Gasteiger partial charge in [-0.05, 0) is 43.7 Å². The van der Waals surface area contributed by atoms with Gasteiger partial charge in [-0.1, -0.05) is 29.8 Å². The average Bonchev–Trinajstić information content (AvgIpc) is 2.88. The smallest absolute Gasteiger partial charge is 0.319 e. The highest BCUT2D eigenvalue weighted by atomic mass is 16.2. The van der Waals surface area contributed by atoms with Crippen molar-refractivity contribution in [1.29, 1.82) is 0 Å². The zero-order valence-electron chi connectivity index (χ0n) is 13.9. The number of urea groups is 1. The number of nitrogens with one attached hydrogen (secondary N) is 2. The molecule has 1 heterocycles. The van der Waals surface area contributed by atoms with E-state index in [1.54, 1.807) is 4.90 Å². The fraction of sp³-hybridized carbons (Fsp3) is 0.263. The van der Waals surface area contributed by atoms with Crippen LogP contribution in [0.5, 0.6) is 0 Å². The predicted molar refractivity (Wildman–Crippen MR) is 95.3 cm³/mol. The van der Waals surface area contributed by atoms with Gasteiger partial charge in [0.05, 0.1) is 6.04 Å². The third kappa shape index (κ3) is 3.74. The van der Waals surface area contributed by atoms with Crippen LogP contribution in [0.15, 0.2) is 48.5 Å². The minimum absolute atomic E-state index is 0.0275. The molecule has 0 saturated carbocycles. The van der Waals surface area contributed by atoms with Gasteiger partial charge >= 0.3 is 6.03 Å². The fourth-order valence-corrected chi connectivity index (χ4v) is 2.85. The van der Waals surface area contributed by atoms with Crippen LogP contribution in [0.4, 0.5) is 16.2 Å². The van der Waals surface area contributed by atoms with E-state index >= 15 is 0 Å². The summed E-state index contributed by atoms with van der Waals surface area (Å²) in [6.07, 6.45) is 0.315. The molecule has 1 atom stereocenters. The Morgan fingerprint density at radius 2 is 1.83 bits per heavy atom. The van der Waals surface area contributed by atoms with Crippen molar-refractivity contribution < 1.29 is 9.59 Å². The maximum Gasteiger partial charge on any atom is 0.319 e. The Morgan fingerprint density at radius 3 is 2.54 bits per heavy atom. The van der Waals surface area contributed by atoms with Crippen LogP contribution in [0.2, 0.25) is 0 Å². The van der Waals surface area contributed by atoms with Crippen molar-refractivity contribution in [2.24, 2.45) is 0 Å². The molecular formula is C19H21N3O2. The number of rotatable bonds is 3. The largest absolute Gasteiger partial charge is 0.333 e. The lowest BCUT2D eigenvalue weighted by Gasteiger charge is -2.17. The zero-order chi connectivity index (χ0) is 17.1. The first-order valence-corrected chi connectivity index (χ1v) is 8.02. The molecule has 3 amide bonds.